The zero-order valence-corrected chi connectivity index (χ0v) is 13.0. The van der Waals surface area contributed by atoms with Gasteiger partial charge in [0.15, 0.2) is 10.8 Å². The molecule has 1 aliphatic heterocycles. The fourth-order valence-corrected chi connectivity index (χ4v) is 4.13. The van der Waals surface area contributed by atoms with Gasteiger partial charge in [-0.15, -0.1) is 0 Å². The average Bonchev–Trinajstić information content (AvgIpc) is 2.79. The average molecular weight is 316 g/mol. The van der Waals surface area contributed by atoms with Gasteiger partial charge < -0.3 is 15.0 Å². The first-order valence-electron chi connectivity index (χ1n) is 6.81. The highest BCUT2D eigenvalue weighted by molar-refractivity contribution is 7.89. The molecule has 2 rings (SSSR count). The van der Waals surface area contributed by atoms with Crippen molar-refractivity contribution in [3.63, 3.8) is 0 Å². The molecule has 0 spiro atoms. The van der Waals surface area contributed by atoms with E-state index in [9.17, 15) is 13.2 Å². The number of anilines is 1. The van der Waals surface area contributed by atoms with E-state index in [2.05, 4.69) is 4.98 Å². The van der Waals surface area contributed by atoms with Crippen molar-refractivity contribution in [3.8, 4) is 0 Å². The van der Waals surface area contributed by atoms with Crippen molar-refractivity contribution < 1.29 is 17.9 Å². The number of hydrogen-bond donors (Lipinski definition) is 1. The van der Waals surface area contributed by atoms with Crippen LogP contribution < -0.4 is 5.73 Å². The van der Waals surface area contributed by atoms with Crippen LogP contribution in [0.2, 0.25) is 0 Å². The molecular weight excluding hydrogens is 296 g/mol. The van der Waals surface area contributed by atoms with Crippen LogP contribution in [0, 0.1) is 5.92 Å². The van der Waals surface area contributed by atoms with Crippen molar-refractivity contribution in [2.45, 2.75) is 24.8 Å². The number of aromatic nitrogens is 2. The van der Waals surface area contributed by atoms with E-state index < -0.39 is 10.0 Å². The third-order valence-corrected chi connectivity index (χ3v) is 5.60. The Morgan fingerprint density at radius 1 is 1.48 bits per heavy atom. The highest BCUT2D eigenvalue weighted by Crippen LogP contribution is 2.26. The molecule has 1 aromatic heterocycles. The van der Waals surface area contributed by atoms with Crippen molar-refractivity contribution >= 4 is 21.8 Å². The van der Waals surface area contributed by atoms with Crippen molar-refractivity contribution in [2.24, 2.45) is 13.0 Å². The van der Waals surface area contributed by atoms with Crippen molar-refractivity contribution in [3.05, 3.63) is 6.33 Å². The van der Waals surface area contributed by atoms with Crippen LogP contribution in [0.15, 0.2) is 11.4 Å². The van der Waals surface area contributed by atoms with Gasteiger partial charge >= 0.3 is 5.97 Å². The molecule has 0 bridgehead atoms. The lowest BCUT2D eigenvalue weighted by Crippen LogP contribution is -2.41. The zero-order valence-electron chi connectivity index (χ0n) is 12.2. The number of sulfonamides is 1. The molecule has 0 atom stereocenters. The molecule has 2 heterocycles. The van der Waals surface area contributed by atoms with E-state index >= 15 is 0 Å². The zero-order chi connectivity index (χ0) is 15.6. The molecule has 0 radical (unpaired) electrons. The minimum Gasteiger partial charge on any atom is -0.466 e. The first-order valence-corrected chi connectivity index (χ1v) is 8.25. The molecule has 1 aromatic rings. The number of aryl methyl sites for hydroxylation is 1. The van der Waals surface area contributed by atoms with Crippen molar-refractivity contribution in [2.75, 3.05) is 25.4 Å². The molecule has 0 amide bonds. The SMILES string of the molecule is CCOC(=O)C1CCN(S(=O)(=O)c2c(N)ncn2C)CC1. The lowest BCUT2D eigenvalue weighted by atomic mass is 9.98. The predicted octanol–water partition coefficient (Wildman–Crippen LogP) is -0.0339. The molecular formula is C12H20N4O4S. The fraction of sp³-hybridized carbons (Fsp3) is 0.667. The number of nitrogens with zero attached hydrogens (tertiary/aromatic N) is 3. The Balaban J connectivity index is 2.10. The minimum absolute atomic E-state index is 0.00270. The van der Waals surface area contributed by atoms with Crippen LogP contribution in [0.4, 0.5) is 5.82 Å². The van der Waals surface area contributed by atoms with Gasteiger partial charge in [0.2, 0.25) is 0 Å². The maximum Gasteiger partial charge on any atom is 0.309 e. The summed E-state index contributed by atoms with van der Waals surface area (Å²) in [4.78, 5) is 15.5. The number of nitrogen functional groups attached to an aromatic ring is 1. The van der Waals surface area contributed by atoms with Crippen LogP contribution in [0.25, 0.3) is 0 Å². The molecule has 1 fully saturated rings. The van der Waals surface area contributed by atoms with Gasteiger partial charge in [-0.25, -0.2) is 13.4 Å². The number of imidazole rings is 1. The number of piperidine rings is 1. The largest absolute Gasteiger partial charge is 0.466 e. The molecule has 1 aliphatic rings. The summed E-state index contributed by atoms with van der Waals surface area (Å²) < 4.78 is 32.8. The summed E-state index contributed by atoms with van der Waals surface area (Å²) in [6.45, 7) is 2.64. The molecule has 2 N–H and O–H groups in total. The summed E-state index contributed by atoms with van der Waals surface area (Å²) in [5.74, 6) is -0.500. The summed E-state index contributed by atoms with van der Waals surface area (Å²) in [6.07, 6.45) is 2.28. The number of ether oxygens (including phenoxy) is 1. The van der Waals surface area contributed by atoms with Crippen LogP contribution in [0.3, 0.4) is 0 Å². The molecule has 0 saturated carbocycles. The molecule has 0 unspecified atom stereocenters. The molecule has 0 aromatic carbocycles. The number of esters is 1. The van der Waals surface area contributed by atoms with Gasteiger partial charge in [0, 0.05) is 20.1 Å². The topological polar surface area (TPSA) is 108 Å². The fourth-order valence-electron chi connectivity index (χ4n) is 2.47. The van der Waals surface area contributed by atoms with Crippen LogP contribution in [-0.4, -0.2) is 47.9 Å². The highest BCUT2D eigenvalue weighted by Gasteiger charge is 2.35. The Labute approximate surface area is 123 Å². The molecule has 118 valence electrons. The summed E-state index contributed by atoms with van der Waals surface area (Å²) in [6, 6.07) is 0. The van der Waals surface area contributed by atoms with Crippen molar-refractivity contribution in [1.82, 2.24) is 13.9 Å². The molecule has 0 aliphatic carbocycles. The Kier molecular flexibility index (Phi) is 4.52. The van der Waals surface area contributed by atoms with Gasteiger partial charge in [-0.05, 0) is 19.8 Å². The Morgan fingerprint density at radius 2 is 2.10 bits per heavy atom. The predicted molar refractivity (Wildman–Crippen MR) is 75.7 cm³/mol. The van der Waals surface area contributed by atoms with E-state index in [-0.39, 0.29) is 35.8 Å². The first kappa shape index (κ1) is 15.8. The maximum atomic E-state index is 12.6. The van der Waals surface area contributed by atoms with Gasteiger partial charge in [0.1, 0.15) is 0 Å². The maximum absolute atomic E-state index is 12.6. The van der Waals surface area contributed by atoms with Gasteiger partial charge in [0.05, 0.1) is 18.9 Å². The number of carbonyl (C=O) groups excluding carboxylic acids is 1. The second kappa shape index (κ2) is 6.02. The molecule has 1 saturated heterocycles. The summed E-state index contributed by atoms with van der Waals surface area (Å²) in [7, 11) is -2.10. The van der Waals surface area contributed by atoms with E-state index in [1.54, 1.807) is 14.0 Å². The van der Waals surface area contributed by atoms with Crippen LogP contribution in [0.1, 0.15) is 19.8 Å². The summed E-state index contributed by atoms with van der Waals surface area (Å²) >= 11 is 0. The third kappa shape index (κ3) is 3.03. The first-order chi connectivity index (χ1) is 9.87. The van der Waals surface area contributed by atoms with E-state index in [0.29, 0.717) is 19.4 Å². The number of nitrogens with two attached hydrogens (primary N) is 1. The smallest absolute Gasteiger partial charge is 0.309 e. The van der Waals surface area contributed by atoms with Gasteiger partial charge in [-0.3, -0.25) is 4.79 Å². The second-order valence-corrected chi connectivity index (χ2v) is 6.83. The van der Waals surface area contributed by atoms with Crippen molar-refractivity contribution in [1.29, 1.82) is 0 Å². The summed E-state index contributed by atoms with van der Waals surface area (Å²) in [5.41, 5.74) is 5.64. The number of hydrogen-bond acceptors (Lipinski definition) is 6. The van der Waals surface area contributed by atoms with Gasteiger partial charge in [-0.2, -0.15) is 4.31 Å². The Morgan fingerprint density at radius 3 is 2.57 bits per heavy atom. The molecule has 21 heavy (non-hydrogen) atoms. The van der Waals surface area contributed by atoms with E-state index in [1.165, 1.54) is 15.2 Å². The number of carbonyl (C=O) groups is 1. The highest BCUT2D eigenvalue weighted by atomic mass is 32.2. The Bertz CT molecular complexity index is 598. The second-order valence-electron chi connectivity index (χ2n) is 4.98. The van der Waals surface area contributed by atoms with Crippen LogP contribution >= 0.6 is 0 Å². The monoisotopic (exact) mass is 316 g/mol. The number of rotatable bonds is 4. The van der Waals surface area contributed by atoms with E-state index in [1.807, 2.05) is 0 Å². The lowest BCUT2D eigenvalue weighted by Gasteiger charge is -2.30. The third-order valence-electron chi connectivity index (χ3n) is 3.57. The quantitative estimate of drug-likeness (QED) is 0.781. The van der Waals surface area contributed by atoms with Crippen LogP contribution in [0.5, 0.6) is 0 Å². The Hall–Kier alpha value is -1.61. The van der Waals surface area contributed by atoms with Gasteiger partial charge in [0.25, 0.3) is 10.0 Å². The van der Waals surface area contributed by atoms with Gasteiger partial charge in [-0.1, -0.05) is 0 Å². The lowest BCUT2D eigenvalue weighted by molar-refractivity contribution is -0.149. The molecule has 8 nitrogen and oxygen atoms in total. The van der Waals surface area contributed by atoms with E-state index in [4.69, 9.17) is 10.5 Å². The standard InChI is InChI=1S/C12H20N4O4S/c1-3-20-12(17)9-4-6-16(7-5-9)21(18,19)11-10(13)14-8-15(11)2/h8-9H,3-7,13H2,1-2H3. The van der Waals surface area contributed by atoms with Crippen LogP contribution in [-0.2, 0) is 26.6 Å². The minimum atomic E-state index is -3.68. The summed E-state index contributed by atoms with van der Waals surface area (Å²) in [5, 5.41) is -0.00270. The van der Waals surface area contributed by atoms with E-state index in [0.717, 1.165) is 0 Å². The molecule has 9 heteroatoms. The normalized spacial score (nSPS) is 17.8.